The zero-order chi connectivity index (χ0) is 21.3. The van der Waals surface area contributed by atoms with Gasteiger partial charge in [0.15, 0.2) is 0 Å². The third kappa shape index (κ3) is 20.0. The summed E-state index contributed by atoms with van der Waals surface area (Å²) in [4.78, 5) is 60.0. The summed E-state index contributed by atoms with van der Waals surface area (Å²) in [7, 11) is 0. The second-order valence-corrected chi connectivity index (χ2v) is 4.83. The first-order chi connectivity index (χ1) is 11.6. The molecule has 2 N–H and O–H groups in total. The van der Waals surface area contributed by atoms with Crippen LogP contribution in [0.15, 0.2) is 0 Å². The van der Waals surface area contributed by atoms with E-state index in [1.165, 1.54) is 0 Å². The molecule has 30 heavy (non-hydrogen) atoms. The van der Waals surface area contributed by atoms with Crippen molar-refractivity contribution in [3.05, 3.63) is 0 Å². The molecule has 0 saturated heterocycles. The number of carboxylic acids is 6. The van der Waals surface area contributed by atoms with Crippen LogP contribution in [0.1, 0.15) is 25.7 Å². The van der Waals surface area contributed by atoms with E-state index >= 15 is 0 Å². The van der Waals surface area contributed by atoms with Crippen molar-refractivity contribution in [3.63, 3.8) is 0 Å². The first kappa shape index (κ1) is 43.8. The molecule has 0 fully saturated rings. The Morgan fingerprint density at radius 2 is 0.633 bits per heavy atom. The molecule has 0 heterocycles. The summed E-state index contributed by atoms with van der Waals surface area (Å²) in [6.07, 6.45) is -5.43. The normalized spacial score (nSPS) is 9.40. The van der Waals surface area contributed by atoms with E-state index in [0.717, 1.165) is 0 Å². The first-order valence-corrected chi connectivity index (χ1v) is 6.23. The van der Waals surface area contributed by atoms with Crippen molar-refractivity contribution in [2.75, 3.05) is 0 Å². The predicted molar refractivity (Wildman–Crippen MR) is 82.8 cm³/mol. The van der Waals surface area contributed by atoms with Gasteiger partial charge in [0.1, 0.15) is 11.2 Å². The van der Waals surface area contributed by atoms with E-state index in [1.807, 2.05) is 0 Å². The molecule has 14 nitrogen and oxygen atoms in total. The number of aliphatic hydroxyl groups is 2. The number of carboxylic acid groups (broad SMARTS) is 6. The molecule has 0 aliphatic rings. The Hall–Kier alpha value is 0.0387. The fourth-order valence-corrected chi connectivity index (χ4v) is 1.37. The molecule has 0 unspecified atom stereocenters. The molecule has 150 valence electrons. The average Bonchev–Trinajstić information content (AvgIpc) is 2.34. The number of hydrogen-bond acceptors (Lipinski definition) is 14. The maximum atomic E-state index is 10.1. The van der Waals surface area contributed by atoms with Gasteiger partial charge in [0.25, 0.3) is 0 Å². The summed E-state index contributed by atoms with van der Waals surface area (Å²) < 4.78 is 0. The SMILES string of the molecule is O=C([O-])CC(O)(CC(=O)[O-])C(=O)[O-].O=C([O-])CC(O)(CC(=O)[O-])C(=O)[O-].[Mg+2].[Mg+2].[Mg+2].[NaH]. The predicted octanol–water partition coefficient (Wildman–Crippen LogP) is -12.3. The Morgan fingerprint density at radius 1 is 0.500 bits per heavy atom. The van der Waals surface area contributed by atoms with Crippen molar-refractivity contribution in [1.29, 1.82) is 0 Å². The second kappa shape index (κ2) is 19.7. The third-order valence-electron chi connectivity index (χ3n) is 2.51. The molecule has 0 bridgehead atoms. The Balaban J connectivity index is -0.0000000847. The minimum atomic E-state index is -2.97. The van der Waals surface area contributed by atoms with Gasteiger partial charge in [-0.25, -0.2) is 0 Å². The Morgan fingerprint density at radius 3 is 0.700 bits per heavy atom. The molecule has 0 amide bonds. The monoisotopic (exact) mass is 474 g/mol. The van der Waals surface area contributed by atoms with Crippen LogP contribution in [-0.4, -0.2) is 156 Å². The van der Waals surface area contributed by atoms with Gasteiger partial charge < -0.3 is 69.6 Å². The molecule has 0 aromatic heterocycles. The van der Waals surface area contributed by atoms with Crippen LogP contribution in [-0.2, 0) is 28.8 Å². The standard InChI is InChI=1S/2C6H8O7.3Mg.Na.H/c2*7-3(8)1-6(13,5(11)12)2-4(9)10;;;;;/h2*13H,1-2H2,(H,7,8)(H,9,10)(H,11,12);;;;;/q;;3*+2;;/p-6. The third-order valence-corrected chi connectivity index (χ3v) is 2.51. The van der Waals surface area contributed by atoms with Crippen LogP contribution in [0.4, 0.5) is 0 Å². The van der Waals surface area contributed by atoms with Crippen molar-refractivity contribution in [1.82, 2.24) is 0 Å². The molecule has 0 aromatic carbocycles. The Labute approximate surface area is 238 Å². The Bertz CT molecular complexity index is 527. The minimum absolute atomic E-state index is 0. The van der Waals surface area contributed by atoms with Gasteiger partial charge in [-0.05, 0) is 0 Å². The summed E-state index contributed by atoms with van der Waals surface area (Å²) >= 11 is 0. The number of carbonyl (C=O) groups is 6. The van der Waals surface area contributed by atoms with Gasteiger partial charge in [0.2, 0.25) is 0 Å². The van der Waals surface area contributed by atoms with Gasteiger partial charge in [0.05, 0.1) is 11.9 Å². The molecule has 0 rings (SSSR count). The fraction of sp³-hybridized carbons (Fsp3) is 0.500. The van der Waals surface area contributed by atoms with Gasteiger partial charge in [0, 0.05) is 49.6 Å². The number of rotatable bonds is 10. The zero-order valence-corrected chi connectivity index (χ0v) is 19.0. The molecule has 0 saturated carbocycles. The molecule has 0 radical (unpaired) electrons. The molecular weight excluding hydrogens is 464 g/mol. The van der Waals surface area contributed by atoms with Crippen molar-refractivity contribution >= 4 is 135 Å². The number of carbonyl (C=O) groups excluding carboxylic acids is 6. The van der Waals surface area contributed by atoms with Crippen LogP contribution < -0.4 is 30.6 Å². The molecular formula is C12H11Mg3NaO14. The summed E-state index contributed by atoms with van der Waals surface area (Å²) in [5.74, 6) is -12.0. The summed E-state index contributed by atoms with van der Waals surface area (Å²) in [6.45, 7) is 0. The van der Waals surface area contributed by atoms with E-state index in [-0.39, 0.29) is 98.7 Å². The van der Waals surface area contributed by atoms with Crippen LogP contribution in [0.3, 0.4) is 0 Å². The number of hydrogen-bond donors (Lipinski definition) is 2. The van der Waals surface area contributed by atoms with Crippen LogP contribution in [0, 0.1) is 0 Å². The van der Waals surface area contributed by atoms with Crippen LogP contribution >= 0.6 is 0 Å². The molecule has 18 heteroatoms. The van der Waals surface area contributed by atoms with E-state index in [9.17, 15) is 59.4 Å². The van der Waals surface area contributed by atoms with Crippen LogP contribution in [0.25, 0.3) is 0 Å². The van der Waals surface area contributed by atoms with Gasteiger partial charge in [-0.2, -0.15) is 0 Å². The summed E-state index contributed by atoms with van der Waals surface area (Å²) in [5, 5.41) is 77.9. The van der Waals surface area contributed by atoms with E-state index in [0.29, 0.717) is 0 Å². The fourth-order valence-electron chi connectivity index (χ4n) is 1.37. The molecule has 0 spiro atoms. The average molecular weight is 475 g/mol. The van der Waals surface area contributed by atoms with E-state index in [1.54, 1.807) is 0 Å². The van der Waals surface area contributed by atoms with E-state index in [4.69, 9.17) is 10.2 Å². The molecule has 0 atom stereocenters. The van der Waals surface area contributed by atoms with E-state index in [2.05, 4.69) is 0 Å². The topological polar surface area (TPSA) is 281 Å². The second-order valence-electron chi connectivity index (χ2n) is 4.83. The van der Waals surface area contributed by atoms with Crippen molar-refractivity contribution in [2.24, 2.45) is 0 Å². The Kier molecular flexibility index (Phi) is 28.8. The van der Waals surface area contributed by atoms with Gasteiger partial charge in [-0.1, -0.05) is 0 Å². The van der Waals surface area contributed by atoms with Gasteiger partial charge in [-0.15, -0.1) is 0 Å². The van der Waals surface area contributed by atoms with Gasteiger partial charge in [-0.3, -0.25) is 0 Å². The number of aliphatic carboxylic acids is 6. The summed E-state index contributed by atoms with van der Waals surface area (Å²) in [6, 6.07) is 0. The van der Waals surface area contributed by atoms with Crippen molar-refractivity contribution < 1.29 is 69.6 Å². The maximum absolute atomic E-state index is 10.1. The summed E-state index contributed by atoms with van der Waals surface area (Å²) in [5.41, 5.74) is -5.95. The van der Waals surface area contributed by atoms with Crippen molar-refractivity contribution in [2.45, 2.75) is 36.9 Å². The molecule has 0 aliphatic heterocycles. The zero-order valence-electron chi connectivity index (χ0n) is 14.7. The first-order valence-electron chi connectivity index (χ1n) is 6.23. The molecule has 0 aromatic rings. The van der Waals surface area contributed by atoms with Crippen molar-refractivity contribution in [3.8, 4) is 0 Å². The van der Waals surface area contributed by atoms with E-state index < -0.39 is 72.7 Å². The quantitative estimate of drug-likeness (QED) is 0.278. The van der Waals surface area contributed by atoms with Gasteiger partial charge >= 0.3 is 98.7 Å². The van der Waals surface area contributed by atoms with Crippen LogP contribution in [0.2, 0.25) is 0 Å². The molecule has 0 aliphatic carbocycles. The van der Waals surface area contributed by atoms with Crippen LogP contribution in [0.5, 0.6) is 0 Å².